The van der Waals surface area contributed by atoms with E-state index >= 15 is 0 Å². The van der Waals surface area contributed by atoms with Crippen LogP contribution >= 0.6 is 0 Å². The van der Waals surface area contributed by atoms with E-state index in [1.165, 1.54) is 32.5 Å². The van der Waals surface area contributed by atoms with E-state index in [1.54, 1.807) is 0 Å². The van der Waals surface area contributed by atoms with Gasteiger partial charge in [-0.1, -0.05) is 18.2 Å². The molecule has 1 N–H and O–H groups in total. The Kier molecular flexibility index (Phi) is 6.68. The molecular weight excluding hydrogens is 324 g/mol. The molecule has 26 heavy (non-hydrogen) atoms. The first-order valence-electron chi connectivity index (χ1n) is 9.93. The Morgan fingerprint density at radius 3 is 2.62 bits per heavy atom. The molecule has 1 amide bonds. The molecule has 0 saturated carbocycles. The van der Waals surface area contributed by atoms with Crippen LogP contribution in [0.3, 0.4) is 0 Å². The van der Waals surface area contributed by atoms with Gasteiger partial charge in [-0.15, -0.1) is 0 Å². The van der Waals surface area contributed by atoms with Gasteiger partial charge in [-0.3, -0.25) is 9.69 Å². The Labute approximate surface area is 158 Å². The molecule has 3 fully saturated rings. The fourth-order valence-corrected chi connectivity index (χ4v) is 4.43. The molecule has 0 spiro atoms. The van der Waals surface area contributed by atoms with Gasteiger partial charge in [-0.2, -0.15) is 0 Å². The summed E-state index contributed by atoms with van der Waals surface area (Å²) in [6, 6.07) is 10.0. The van der Waals surface area contributed by atoms with E-state index in [0.29, 0.717) is 6.04 Å². The lowest BCUT2D eigenvalue weighted by molar-refractivity contribution is -0.00916. The summed E-state index contributed by atoms with van der Waals surface area (Å²) < 4.78 is 0. The van der Waals surface area contributed by atoms with Crippen molar-refractivity contribution in [2.24, 2.45) is 11.8 Å². The van der Waals surface area contributed by atoms with Crippen LogP contribution in [0.25, 0.3) is 0 Å². The number of piperidine rings is 3. The van der Waals surface area contributed by atoms with Gasteiger partial charge in [0.1, 0.15) is 0 Å². The third-order valence-corrected chi connectivity index (χ3v) is 6.02. The zero-order chi connectivity index (χ0) is 18.5. The van der Waals surface area contributed by atoms with E-state index in [0.717, 1.165) is 37.0 Å². The highest BCUT2D eigenvalue weighted by Gasteiger charge is 2.40. The molecule has 1 aromatic rings. The molecule has 3 heterocycles. The summed E-state index contributed by atoms with van der Waals surface area (Å²) in [6.07, 6.45) is 2.54. The largest absolute Gasteiger partial charge is 0.350 e. The minimum atomic E-state index is 0.0493. The first-order valence-corrected chi connectivity index (χ1v) is 9.93. The molecule has 1 unspecified atom stereocenters. The van der Waals surface area contributed by atoms with Crippen LogP contribution in [0.1, 0.15) is 23.2 Å². The molecule has 0 aromatic heterocycles. The summed E-state index contributed by atoms with van der Waals surface area (Å²) in [7, 11) is 6.52. The van der Waals surface area contributed by atoms with Crippen molar-refractivity contribution in [3.05, 3.63) is 35.9 Å². The van der Waals surface area contributed by atoms with Crippen LogP contribution in [0.4, 0.5) is 0 Å². The number of hydrogen-bond donors (Lipinski definition) is 1. The van der Waals surface area contributed by atoms with Crippen molar-refractivity contribution in [2.75, 3.05) is 60.4 Å². The Morgan fingerprint density at radius 1 is 1.19 bits per heavy atom. The second-order valence-electron chi connectivity index (χ2n) is 8.33. The predicted molar refractivity (Wildman–Crippen MR) is 106 cm³/mol. The fourth-order valence-electron chi connectivity index (χ4n) is 4.43. The van der Waals surface area contributed by atoms with Gasteiger partial charge in [0.15, 0.2) is 0 Å². The molecule has 5 heteroatoms. The fraction of sp³-hybridized carbons (Fsp3) is 0.667. The van der Waals surface area contributed by atoms with Crippen molar-refractivity contribution < 1.29 is 4.79 Å². The van der Waals surface area contributed by atoms with Crippen molar-refractivity contribution in [3.63, 3.8) is 0 Å². The monoisotopic (exact) mass is 358 g/mol. The third kappa shape index (κ3) is 5.06. The SMILES string of the molecule is CN(C)CCN(C)C[C@H]1CN2CC[C@H]1C[C@@H]2CNC(=O)c1ccccc1. The first-order chi connectivity index (χ1) is 12.5. The molecule has 0 aliphatic carbocycles. The van der Waals surface area contributed by atoms with Gasteiger partial charge in [0.25, 0.3) is 5.91 Å². The molecule has 4 rings (SSSR count). The standard InChI is InChI=1S/C21H34N4O/c1-23(2)11-12-24(3)15-19-16-25-10-9-18(19)13-20(25)14-22-21(26)17-7-5-4-6-8-17/h4-8,18-20H,9-16H2,1-3H3,(H,22,26)/t18-,19-,20+/m0/s1. The minimum Gasteiger partial charge on any atom is -0.350 e. The Bertz CT molecular complexity index is 577. The summed E-state index contributed by atoms with van der Waals surface area (Å²) in [5, 5.41) is 3.15. The Morgan fingerprint density at radius 2 is 1.96 bits per heavy atom. The first kappa shape index (κ1) is 19.3. The highest BCUT2D eigenvalue weighted by atomic mass is 16.1. The lowest BCUT2D eigenvalue weighted by atomic mass is 9.75. The number of nitrogens with zero attached hydrogens (tertiary/aromatic N) is 3. The van der Waals surface area contributed by atoms with E-state index in [2.05, 4.69) is 41.2 Å². The summed E-state index contributed by atoms with van der Waals surface area (Å²) in [5.74, 6) is 1.63. The highest BCUT2D eigenvalue weighted by molar-refractivity contribution is 5.94. The van der Waals surface area contributed by atoms with Crippen LogP contribution in [0.15, 0.2) is 30.3 Å². The summed E-state index contributed by atoms with van der Waals surface area (Å²) in [4.78, 5) is 19.6. The molecule has 5 nitrogen and oxygen atoms in total. The molecule has 3 saturated heterocycles. The zero-order valence-corrected chi connectivity index (χ0v) is 16.5. The highest BCUT2D eigenvalue weighted by Crippen LogP contribution is 2.36. The van der Waals surface area contributed by atoms with Crippen LogP contribution in [0.5, 0.6) is 0 Å². The van der Waals surface area contributed by atoms with E-state index in [4.69, 9.17) is 0 Å². The number of carbonyl (C=O) groups is 1. The quantitative estimate of drug-likeness (QED) is 0.766. The van der Waals surface area contributed by atoms with Crippen LogP contribution in [-0.4, -0.2) is 87.1 Å². The van der Waals surface area contributed by atoms with Crippen LogP contribution in [-0.2, 0) is 0 Å². The third-order valence-electron chi connectivity index (χ3n) is 6.02. The molecule has 1 aromatic carbocycles. The molecule has 144 valence electrons. The van der Waals surface area contributed by atoms with Crippen molar-refractivity contribution in [3.8, 4) is 0 Å². The molecular formula is C21H34N4O. The zero-order valence-electron chi connectivity index (χ0n) is 16.5. The summed E-state index contributed by atoms with van der Waals surface area (Å²) >= 11 is 0. The number of carbonyl (C=O) groups excluding carboxylic acids is 1. The number of benzene rings is 1. The van der Waals surface area contributed by atoms with Crippen LogP contribution < -0.4 is 5.32 Å². The van der Waals surface area contributed by atoms with E-state index in [1.807, 2.05) is 30.3 Å². The average molecular weight is 359 g/mol. The second-order valence-corrected chi connectivity index (χ2v) is 8.33. The lowest BCUT2D eigenvalue weighted by Gasteiger charge is -2.50. The smallest absolute Gasteiger partial charge is 0.251 e. The number of hydrogen-bond acceptors (Lipinski definition) is 4. The minimum absolute atomic E-state index is 0.0493. The number of rotatable bonds is 8. The van der Waals surface area contributed by atoms with Crippen molar-refractivity contribution >= 4 is 5.91 Å². The normalized spacial score (nSPS) is 27.9. The molecule has 4 atom stereocenters. The summed E-state index contributed by atoms with van der Waals surface area (Å²) in [5.41, 5.74) is 0.754. The summed E-state index contributed by atoms with van der Waals surface area (Å²) in [6.45, 7) is 6.58. The molecule has 3 aliphatic rings. The maximum Gasteiger partial charge on any atom is 0.251 e. The number of amides is 1. The topological polar surface area (TPSA) is 38.8 Å². The van der Waals surface area contributed by atoms with Gasteiger partial charge in [-0.05, 0) is 64.5 Å². The lowest BCUT2D eigenvalue weighted by Crippen LogP contribution is -2.58. The molecule has 0 radical (unpaired) electrons. The van der Waals surface area contributed by atoms with E-state index in [9.17, 15) is 4.79 Å². The Hall–Kier alpha value is -1.43. The van der Waals surface area contributed by atoms with Gasteiger partial charge < -0.3 is 15.1 Å². The number of likely N-dealkylation sites (N-methyl/N-ethyl adjacent to an activating group) is 2. The molecule has 3 aliphatic heterocycles. The second kappa shape index (κ2) is 8.98. The van der Waals surface area contributed by atoms with Crippen molar-refractivity contribution in [2.45, 2.75) is 18.9 Å². The van der Waals surface area contributed by atoms with Crippen LogP contribution in [0, 0.1) is 11.8 Å². The predicted octanol–water partition coefficient (Wildman–Crippen LogP) is 1.62. The Balaban J connectivity index is 1.45. The number of fused-ring (bicyclic) bond motifs is 3. The van der Waals surface area contributed by atoms with Crippen molar-refractivity contribution in [1.29, 1.82) is 0 Å². The van der Waals surface area contributed by atoms with Gasteiger partial charge in [0.2, 0.25) is 0 Å². The van der Waals surface area contributed by atoms with Crippen LogP contribution in [0.2, 0.25) is 0 Å². The molecule has 2 bridgehead atoms. The van der Waals surface area contributed by atoms with E-state index in [-0.39, 0.29) is 5.91 Å². The van der Waals surface area contributed by atoms with Gasteiger partial charge in [-0.25, -0.2) is 0 Å². The van der Waals surface area contributed by atoms with E-state index < -0.39 is 0 Å². The van der Waals surface area contributed by atoms with Gasteiger partial charge in [0, 0.05) is 44.3 Å². The maximum absolute atomic E-state index is 12.3. The average Bonchev–Trinajstić information content (AvgIpc) is 2.66. The van der Waals surface area contributed by atoms with Gasteiger partial charge >= 0.3 is 0 Å². The number of nitrogens with one attached hydrogen (secondary N) is 1. The van der Waals surface area contributed by atoms with Gasteiger partial charge in [0.05, 0.1) is 0 Å². The van der Waals surface area contributed by atoms with Crippen molar-refractivity contribution in [1.82, 2.24) is 20.0 Å². The maximum atomic E-state index is 12.3.